The molecule has 1 rings (SSSR count). The molecule has 19 heavy (non-hydrogen) atoms. The first-order valence-corrected chi connectivity index (χ1v) is 6.61. The van der Waals surface area contributed by atoms with Crippen molar-refractivity contribution in [2.75, 3.05) is 6.54 Å². The Balaban J connectivity index is 2.77. The van der Waals surface area contributed by atoms with Crippen LogP contribution in [0.5, 0.6) is 0 Å². The summed E-state index contributed by atoms with van der Waals surface area (Å²) >= 11 is 0. The maximum atomic E-state index is 12.3. The van der Waals surface area contributed by atoms with E-state index < -0.39 is 5.97 Å². The minimum absolute atomic E-state index is 0.0581. The number of carbonyl (C=O) groups excluding carboxylic acids is 1. The predicted octanol–water partition coefficient (Wildman–Crippen LogP) is 3.02. The standard InChI is InChI=1S/C14H21NO4/c1-4-5-6-9-15(10(2)3)13(16)11-7-8-12(19-11)14(17)18/h7-8,10H,4-6,9H2,1-3H3,(H,17,18). The summed E-state index contributed by atoms with van der Waals surface area (Å²) in [4.78, 5) is 24.7. The fourth-order valence-electron chi connectivity index (χ4n) is 1.84. The third kappa shape index (κ3) is 4.12. The van der Waals surface area contributed by atoms with E-state index in [0.717, 1.165) is 19.3 Å². The highest BCUT2D eigenvalue weighted by Crippen LogP contribution is 2.14. The van der Waals surface area contributed by atoms with Crippen LogP contribution in [0.3, 0.4) is 0 Å². The summed E-state index contributed by atoms with van der Waals surface area (Å²) in [7, 11) is 0. The van der Waals surface area contributed by atoms with Gasteiger partial charge >= 0.3 is 5.97 Å². The molecule has 0 bridgehead atoms. The topological polar surface area (TPSA) is 70.8 Å². The fraction of sp³-hybridized carbons (Fsp3) is 0.571. The van der Waals surface area contributed by atoms with Gasteiger partial charge in [-0.15, -0.1) is 0 Å². The zero-order chi connectivity index (χ0) is 14.4. The second kappa shape index (κ2) is 6.97. The summed E-state index contributed by atoms with van der Waals surface area (Å²) in [5, 5.41) is 8.78. The molecule has 0 aliphatic heterocycles. The van der Waals surface area contributed by atoms with Crippen LogP contribution in [0.4, 0.5) is 0 Å². The molecule has 0 saturated heterocycles. The molecule has 0 radical (unpaired) electrons. The van der Waals surface area contributed by atoms with Gasteiger partial charge in [0.1, 0.15) is 0 Å². The van der Waals surface area contributed by atoms with Gasteiger partial charge in [0, 0.05) is 12.6 Å². The predicted molar refractivity (Wildman–Crippen MR) is 71.4 cm³/mol. The largest absolute Gasteiger partial charge is 0.475 e. The molecule has 5 nitrogen and oxygen atoms in total. The van der Waals surface area contributed by atoms with Crippen molar-refractivity contribution in [2.24, 2.45) is 0 Å². The van der Waals surface area contributed by atoms with Gasteiger partial charge in [-0.1, -0.05) is 19.8 Å². The van der Waals surface area contributed by atoms with E-state index in [1.807, 2.05) is 13.8 Å². The van der Waals surface area contributed by atoms with Crippen LogP contribution < -0.4 is 0 Å². The van der Waals surface area contributed by atoms with Gasteiger partial charge in [-0.25, -0.2) is 4.79 Å². The van der Waals surface area contributed by atoms with Crippen LogP contribution in [-0.4, -0.2) is 34.5 Å². The SMILES string of the molecule is CCCCCN(C(=O)c1ccc(C(=O)O)o1)C(C)C. The van der Waals surface area contributed by atoms with Crippen molar-refractivity contribution in [3.63, 3.8) is 0 Å². The molecule has 1 N–H and O–H groups in total. The molecule has 1 amide bonds. The summed E-state index contributed by atoms with van der Waals surface area (Å²) in [5.74, 6) is -1.54. The number of rotatable bonds is 7. The molecule has 0 unspecified atom stereocenters. The van der Waals surface area contributed by atoms with Crippen molar-refractivity contribution < 1.29 is 19.1 Å². The fourth-order valence-corrected chi connectivity index (χ4v) is 1.84. The molecule has 1 aromatic heterocycles. The summed E-state index contributed by atoms with van der Waals surface area (Å²) in [6, 6.07) is 2.78. The van der Waals surface area contributed by atoms with Gasteiger partial charge in [0.25, 0.3) is 5.91 Å². The molecular weight excluding hydrogens is 246 g/mol. The molecule has 0 saturated carbocycles. The third-order valence-electron chi connectivity index (χ3n) is 2.91. The Morgan fingerprint density at radius 2 is 1.89 bits per heavy atom. The number of aromatic carboxylic acids is 1. The van der Waals surface area contributed by atoms with Gasteiger partial charge < -0.3 is 14.4 Å². The first-order chi connectivity index (χ1) is 8.97. The summed E-state index contributed by atoms with van der Waals surface area (Å²) in [5.41, 5.74) is 0. The molecule has 0 atom stereocenters. The Morgan fingerprint density at radius 3 is 2.37 bits per heavy atom. The normalized spacial score (nSPS) is 10.7. The van der Waals surface area contributed by atoms with Gasteiger partial charge in [0.05, 0.1) is 0 Å². The van der Waals surface area contributed by atoms with Crippen LogP contribution in [0.15, 0.2) is 16.5 Å². The molecule has 0 aromatic carbocycles. The average Bonchev–Trinajstić information content (AvgIpc) is 2.83. The number of amides is 1. The number of furan rings is 1. The first kappa shape index (κ1) is 15.3. The van der Waals surface area contributed by atoms with Crippen molar-refractivity contribution in [2.45, 2.75) is 46.1 Å². The van der Waals surface area contributed by atoms with E-state index in [4.69, 9.17) is 9.52 Å². The maximum Gasteiger partial charge on any atom is 0.371 e. The van der Waals surface area contributed by atoms with Crippen molar-refractivity contribution in [3.8, 4) is 0 Å². The van der Waals surface area contributed by atoms with Crippen molar-refractivity contribution >= 4 is 11.9 Å². The molecule has 0 fully saturated rings. The lowest BCUT2D eigenvalue weighted by molar-refractivity contribution is 0.0635. The molecular formula is C14H21NO4. The molecule has 0 aliphatic rings. The lowest BCUT2D eigenvalue weighted by Crippen LogP contribution is -2.37. The number of nitrogens with zero attached hydrogens (tertiary/aromatic N) is 1. The summed E-state index contributed by atoms with van der Waals surface area (Å²) < 4.78 is 5.05. The highest BCUT2D eigenvalue weighted by Gasteiger charge is 2.22. The molecule has 1 aromatic rings. The molecule has 106 valence electrons. The van der Waals surface area contributed by atoms with Crippen LogP contribution in [0.2, 0.25) is 0 Å². The molecule has 5 heteroatoms. The Labute approximate surface area is 113 Å². The van der Waals surface area contributed by atoms with Crippen molar-refractivity contribution in [1.29, 1.82) is 0 Å². The van der Waals surface area contributed by atoms with E-state index in [9.17, 15) is 9.59 Å². The average molecular weight is 267 g/mol. The van der Waals surface area contributed by atoms with Crippen LogP contribution in [-0.2, 0) is 0 Å². The highest BCUT2D eigenvalue weighted by molar-refractivity contribution is 5.93. The second-order valence-corrected chi connectivity index (χ2v) is 4.77. The van der Waals surface area contributed by atoms with Gasteiger partial charge in [-0.3, -0.25) is 4.79 Å². The number of carboxylic acid groups (broad SMARTS) is 1. The highest BCUT2D eigenvalue weighted by atomic mass is 16.4. The Morgan fingerprint density at radius 1 is 1.26 bits per heavy atom. The first-order valence-electron chi connectivity index (χ1n) is 6.61. The third-order valence-corrected chi connectivity index (χ3v) is 2.91. The van der Waals surface area contributed by atoms with E-state index in [1.54, 1.807) is 4.90 Å². The monoisotopic (exact) mass is 267 g/mol. The molecule has 0 spiro atoms. The maximum absolute atomic E-state index is 12.3. The zero-order valence-corrected chi connectivity index (χ0v) is 11.7. The Kier molecular flexibility index (Phi) is 5.60. The van der Waals surface area contributed by atoms with E-state index in [1.165, 1.54) is 12.1 Å². The van der Waals surface area contributed by atoms with E-state index in [2.05, 4.69) is 6.92 Å². The van der Waals surface area contributed by atoms with Crippen LogP contribution in [0.1, 0.15) is 61.1 Å². The van der Waals surface area contributed by atoms with Crippen molar-refractivity contribution in [3.05, 3.63) is 23.7 Å². The van der Waals surface area contributed by atoms with E-state index >= 15 is 0 Å². The minimum Gasteiger partial charge on any atom is -0.475 e. The lowest BCUT2D eigenvalue weighted by atomic mass is 10.2. The number of carbonyl (C=O) groups is 2. The lowest BCUT2D eigenvalue weighted by Gasteiger charge is -2.25. The summed E-state index contributed by atoms with van der Waals surface area (Å²) in [6.45, 7) is 6.64. The zero-order valence-electron chi connectivity index (χ0n) is 11.7. The number of hydrogen-bond acceptors (Lipinski definition) is 3. The van der Waals surface area contributed by atoms with Gasteiger partial charge in [0.15, 0.2) is 5.76 Å². The number of carboxylic acids is 1. The Bertz CT molecular complexity index is 436. The van der Waals surface area contributed by atoms with Crippen LogP contribution in [0.25, 0.3) is 0 Å². The number of unbranched alkanes of at least 4 members (excludes halogenated alkanes) is 2. The van der Waals surface area contributed by atoms with Gasteiger partial charge in [-0.05, 0) is 32.4 Å². The van der Waals surface area contributed by atoms with Gasteiger partial charge in [0.2, 0.25) is 5.76 Å². The molecule has 1 heterocycles. The minimum atomic E-state index is -1.17. The van der Waals surface area contributed by atoms with Crippen molar-refractivity contribution in [1.82, 2.24) is 4.90 Å². The van der Waals surface area contributed by atoms with Gasteiger partial charge in [-0.2, -0.15) is 0 Å². The van der Waals surface area contributed by atoms with E-state index in [-0.39, 0.29) is 23.5 Å². The quantitative estimate of drug-likeness (QED) is 0.771. The van der Waals surface area contributed by atoms with E-state index in [0.29, 0.717) is 6.54 Å². The second-order valence-electron chi connectivity index (χ2n) is 4.77. The Hall–Kier alpha value is -1.78. The smallest absolute Gasteiger partial charge is 0.371 e. The number of hydrogen-bond donors (Lipinski definition) is 1. The summed E-state index contributed by atoms with van der Waals surface area (Å²) in [6.07, 6.45) is 3.09. The van der Waals surface area contributed by atoms with Crippen LogP contribution in [0, 0.1) is 0 Å². The van der Waals surface area contributed by atoms with Crippen LogP contribution >= 0.6 is 0 Å². The molecule has 0 aliphatic carbocycles.